The van der Waals surface area contributed by atoms with E-state index in [9.17, 15) is 4.79 Å². The molecule has 2 aliphatic rings. The van der Waals surface area contributed by atoms with Crippen molar-refractivity contribution in [2.75, 3.05) is 0 Å². The van der Waals surface area contributed by atoms with E-state index >= 15 is 0 Å². The van der Waals surface area contributed by atoms with Crippen molar-refractivity contribution in [3.63, 3.8) is 0 Å². The second kappa shape index (κ2) is 3.92. The third kappa shape index (κ3) is 1.65. The number of amides is 1. The Bertz CT molecular complexity index is 674. The molecule has 1 saturated carbocycles. The summed E-state index contributed by atoms with van der Waals surface area (Å²) in [7, 11) is 0. The van der Waals surface area contributed by atoms with Crippen molar-refractivity contribution < 1.29 is 4.79 Å². The topological polar surface area (TPSA) is 42.0 Å². The Balaban J connectivity index is 1.92. The van der Waals surface area contributed by atoms with Crippen LogP contribution < -0.4 is 5.32 Å². The van der Waals surface area contributed by atoms with Crippen LogP contribution in [0.2, 0.25) is 0 Å². The predicted octanol–water partition coefficient (Wildman–Crippen LogP) is 2.87. The molecule has 2 heterocycles. The van der Waals surface area contributed by atoms with E-state index in [-0.39, 0.29) is 5.91 Å². The molecule has 19 heavy (non-hydrogen) atoms. The molecule has 0 bridgehead atoms. The van der Waals surface area contributed by atoms with Gasteiger partial charge in [-0.15, -0.1) is 0 Å². The lowest BCUT2D eigenvalue weighted by Gasteiger charge is -2.11. The van der Waals surface area contributed by atoms with E-state index in [0.29, 0.717) is 12.5 Å². The molecule has 3 nitrogen and oxygen atoms in total. The Hall–Kier alpha value is -2.16. The summed E-state index contributed by atoms with van der Waals surface area (Å²) in [6, 6.07) is 8.06. The molecule has 1 aromatic heterocycles. The minimum Gasteiger partial charge on any atom is -0.348 e. The monoisotopic (exact) mass is 250 g/mol. The average molecular weight is 250 g/mol. The number of carbonyl (C=O) groups is 1. The minimum absolute atomic E-state index is 0.0406. The molecule has 0 saturated heterocycles. The number of nitrogens with one attached hydrogen (secondary N) is 1. The van der Waals surface area contributed by atoms with Gasteiger partial charge in [-0.2, -0.15) is 0 Å². The summed E-state index contributed by atoms with van der Waals surface area (Å²) >= 11 is 0. The lowest BCUT2D eigenvalue weighted by Crippen LogP contribution is -2.12. The summed E-state index contributed by atoms with van der Waals surface area (Å²) in [5, 5.41) is 2.90. The van der Waals surface area contributed by atoms with Crippen LogP contribution in [-0.2, 0) is 6.54 Å². The van der Waals surface area contributed by atoms with E-state index in [4.69, 9.17) is 0 Å². The molecule has 1 aliphatic heterocycles. The third-order valence-corrected chi connectivity index (χ3v) is 4.01. The van der Waals surface area contributed by atoms with E-state index in [2.05, 4.69) is 22.4 Å². The molecular formula is C16H14N2O. The zero-order valence-electron chi connectivity index (χ0n) is 10.5. The molecular weight excluding hydrogens is 236 g/mol. The number of hydrogen-bond acceptors (Lipinski definition) is 2. The molecule has 1 N–H and O–H groups in total. The van der Waals surface area contributed by atoms with Crippen molar-refractivity contribution in [3.8, 4) is 11.1 Å². The maximum Gasteiger partial charge on any atom is 0.251 e. The normalized spacial score (nSPS) is 17.2. The molecule has 0 atom stereocenters. The fraction of sp³-hybridized carbons (Fsp3) is 0.250. The highest BCUT2D eigenvalue weighted by Gasteiger charge is 2.28. The number of aromatic nitrogens is 1. The molecule has 94 valence electrons. The average Bonchev–Trinajstić information content (AvgIpc) is 3.23. The van der Waals surface area contributed by atoms with Crippen molar-refractivity contribution in [1.82, 2.24) is 10.3 Å². The maximum atomic E-state index is 11.8. The zero-order chi connectivity index (χ0) is 12.8. The summed E-state index contributed by atoms with van der Waals surface area (Å²) in [6.45, 7) is 0.636. The van der Waals surface area contributed by atoms with Crippen LogP contribution in [0.5, 0.6) is 0 Å². The highest BCUT2D eigenvalue weighted by atomic mass is 16.1. The Morgan fingerprint density at radius 1 is 1.11 bits per heavy atom. The summed E-state index contributed by atoms with van der Waals surface area (Å²) in [4.78, 5) is 16.0. The first-order valence-electron chi connectivity index (χ1n) is 6.69. The number of hydrogen-bond donors (Lipinski definition) is 1. The van der Waals surface area contributed by atoms with Gasteiger partial charge in [0.2, 0.25) is 0 Å². The molecule has 0 spiro atoms. The number of carbonyl (C=O) groups excluding carboxylic acids is 1. The first kappa shape index (κ1) is 10.7. The molecule has 0 unspecified atom stereocenters. The van der Waals surface area contributed by atoms with Crippen LogP contribution in [0.4, 0.5) is 0 Å². The van der Waals surface area contributed by atoms with Gasteiger partial charge in [0.15, 0.2) is 0 Å². The lowest BCUT2D eigenvalue weighted by molar-refractivity contribution is 0.0966. The van der Waals surface area contributed by atoms with E-state index in [1.165, 1.54) is 29.5 Å². The van der Waals surface area contributed by atoms with Gasteiger partial charge in [0.05, 0.1) is 0 Å². The first-order valence-corrected chi connectivity index (χ1v) is 6.69. The highest BCUT2D eigenvalue weighted by Crippen LogP contribution is 2.45. The van der Waals surface area contributed by atoms with E-state index < -0.39 is 0 Å². The highest BCUT2D eigenvalue weighted by molar-refractivity contribution is 6.00. The quantitative estimate of drug-likeness (QED) is 0.890. The van der Waals surface area contributed by atoms with Gasteiger partial charge in [-0.1, -0.05) is 12.1 Å². The van der Waals surface area contributed by atoms with Crippen molar-refractivity contribution in [2.24, 2.45) is 0 Å². The van der Waals surface area contributed by atoms with E-state index in [1.807, 2.05) is 24.5 Å². The Labute approximate surface area is 111 Å². The van der Waals surface area contributed by atoms with E-state index in [0.717, 1.165) is 11.1 Å². The molecule has 4 rings (SSSR count). The summed E-state index contributed by atoms with van der Waals surface area (Å²) < 4.78 is 0. The van der Waals surface area contributed by atoms with Crippen molar-refractivity contribution in [3.05, 3.63) is 53.3 Å². The van der Waals surface area contributed by atoms with Crippen LogP contribution >= 0.6 is 0 Å². The number of rotatable bonds is 2. The molecule has 1 aromatic carbocycles. The minimum atomic E-state index is 0.0406. The second-order valence-electron chi connectivity index (χ2n) is 5.25. The third-order valence-electron chi connectivity index (χ3n) is 4.01. The Kier molecular flexibility index (Phi) is 2.21. The van der Waals surface area contributed by atoms with Crippen LogP contribution in [0.25, 0.3) is 11.1 Å². The second-order valence-corrected chi connectivity index (χ2v) is 5.25. The fourth-order valence-electron chi connectivity index (χ4n) is 2.88. The lowest BCUT2D eigenvalue weighted by atomic mass is 9.93. The number of fused-ring (bicyclic) bond motifs is 1. The predicted molar refractivity (Wildman–Crippen MR) is 72.8 cm³/mol. The summed E-state index contributed by atoms with van der Waals surface area (Å²) in [5.74, 6) is 0.698. The van der Waals surface area contributed by atoms with Gasteiger partial charge in [-0.3, -0.25) is 9.78 Å². The summed E-state index contributed by atoms with van der Waals surface area (Å²) in [5.41, 5.74) is 5.69. The van der Waals surface area contributed by atoms with Gasteiger partial charge < -0.3 is 5.32 Å². The SMILES string of the molecule is O=C1NCc2c1cccc2-c1ccncc1C1CC1. The summed E-state index contributed by atoms with van der Waals surface area (Å²) in [6.07, 6.45) is 6.33. The number of benzene rings is 1. The zero-order valence-corrected chi connectivity index (χ0v) is 10.5. The first-order chi connectivity index (χ1) is 9.34. The van der Waals surface area contributed by atoms with Gasteiger partial charge in [0.1, 0.15) is 0 Å². The Morgan fingerprint density at radius 2 is 1.95 bits per heavy atom. The van der Waals surface area contributed by atoms with Gasteiger partial charge in [-0.25, -0.2) is 0 Å². The molecule has 1 amide bonds. The van der Waals surface area contributed by atoms with Crippen LogP contribution in [0.1, 0.15) is 40.2 Å². The molecule has 1 aliphatic carbocycles. The van der Waals surface area contributed by atoms with Crippen LogP contribution in [0.3, 0.4) is 0 Å². The number of pyridine rings is 1. The van der Waals surface area contributed by atoms with Gasteiger partial charge >= 0.3 is 0 Å². The molecule has 3 heteroatoms. The standard InChI is InChI=1S/C16H14N2O/c19-16-13-3-1-2-11(15(13)9-18-16)12-6-7-17-8-14(12)10-4-5-10/h1-3,6-8,10H,4-5,9H2,(H,18,19). The van der Waals surface area contributed by atoms with Crippen LogP contribution in [0.15, 0.2) is 36.7 Å². The van der Waals surface area contributed by atoms with Crippen LogP contribution in [-0.4, -0.2) is 10.9 Å². The maximum absolute atomic E-state index is 11.8. The van der Waals surface area contributed by atoms with Crippen molar-refractivity contribution >= 4 is 5.91 Å². The van der Waals surface area contributed by atoms with Gasteiger partial charge in [0.25, 0.3) is 5.91 Å². The number of nitrogens with zero attached hydrogens (tertiary/aromatic N) is 1. The molecule has 2 aromatic rings. The fourth-order valence-corrected chi connectivity index (χ4v) is 2.88. The smallest absolute Gasteiger partial charge is 0.251 e. The largest absolute Gasteiger partial charge is 0.348 e. The van der Waals surface area contributed by atoms with Crippen LogP contribution in [0, 0.1) is 0 Å². The van der Waals surface area contributed by atoms with E-state index in [1.54, 1.807) is 0 Å². The molecule has 0 radical (unpaired) electrons. The van der Waals surface area contributed by atoms with Gasteiger partial charge in [-0.05, 0) is 53.1 Å². The van der Waals surface area contributed by atoms with Crippen molar-refractivity contribution in [2.45, 2.75) is 25.3 Å². The van der Waals surface area contributed by atoms with Gasteiger partial charge in [0, 0.05) is 24.5 Å². The molecule has 1 fully saturated rings. The Morgan fingerprint density at radius 3 is 2.79 bits per heavy atom. The van der Waals surface area contributed by atoms with Crippen molar-refractivity contribution in [1.29, 1.82) is 0 Å².